The predicted molar refractivity (Wildman–Crippen MR) is 51.4 cm³/mol. The van der Waals surface area contributed by atoms with Gasteiger partial charge in [-0.25, -0.2) is 0 Å². The Bertz CT molecular complexity index is 426. The fraction of sp³-hybridized carbons (Fsp3) is 0.200. The van der Waals surface area contributed by atoms with Crippen LogP contribution in [-0.4, -0.2) is 7.11 Å². The Morgan fingerprint density at radius 3 is 2.64 bits per heavy atom. The van der Waals surface area contributed by atoms with Crippen LogP contribution in [0.25, 0.3) is 0 Å². The number of ether oxygens (including phenoxy) is 1. The monoisotopic (exact) mass is 187 g/mol. The SMILES string of the molecule is COc1c(C#N)ccc(N)c1CC#N. The maximum atomic E-state index is 8.78. The van der Waals surface area contributed by atoms with Gasteiger partial charge in [0.1, 0.15) is 11.8 Å². The Balaban J connectivity index is 3.38. The largest absolute Gasteiger partial charge is 0.495 e. The summed E-state index contributed by atoms with van der Waals surface area (Å²) >= 11 is 0. The van der Waals surface area contributed by atoms with Crippen molar-refractivity contribution in [1.29, 1.82) is 10.5 Å². The number of nitrogen functional groups attached to an aromatic ring is 1. The first-order valence-corrected chi connectivity index (χ1v) is 3.97. The fourth-order valence-corrected chi connectivity index (χ4v) is 1.23. The number of rotatable bonds is 2. The molecule has 4 nitrogen and oxygen atoms in total. The molecule has 2 N–H and O–H groups in total. The first-order valence-electron chi connectivity index (χ1n) is 3.97. The molecule has 1 aromatic carbocycles. The van der Waals surface area contributed by atoms with Gasteiger partial charge in [0.25, 0.3) is 0 Å². The lowest BCUT2D eigenvalue weighted by Gasteiger charge is -2.09. The van der Waals surface area contributed by atoms with Crippen molar-refractivity contribution in [1.82, 2.24) is 0 Å². The number of benzene rings is 1. The molecule has 0 amide bonds. The Morgan fingerprint density at radius 2 is 2.14 bits per heavy atom. The second-order valence-electron chi connectivity index (χ2n) is 2.66. The fourth-order valence-electron chi connectivity index (χ4n) is 1.23. The van der Waals surface area contributed by atoms with Gasteiger partial charge in [0.2, 0.25) is 0 Å². The molecule has 0 radical (unpaired) electrons. The molecule has 0 bridgehead atoms. The first-order chi connectivity index (χ1) is 6.74. The molecule has 0 saturated heterocycles. The summed E-state index contributed by atoms with van der Waals surface area (Å²) in [7, 11) is 1.45. The second kappa shape index (κ2) is 4.15. The van der Waals surface area contributed by atoms with Crippen LogP contribution in [0.2, 0.25) is 0 Å². The summed E-state index contributed by atoms with van der Waals surface area (Å²) in [5.74, 6) is 0.397. The van der Waals surface area contributed by atoms with E-state index in [0.717, 1.165) is 0 Å². The maximum absolute atomic E-state index is 8.78. The minimum atomic E-state index is 0.143. The highest BCUT2D eigenvalue weighted by molar-refractivity contribution is 5.61. The van der Waals surface area contributed by atoms with E-state index in [1.165, 1.54) is 7.11 Å². The summed E-state index contributed by atoms with van der Waals surface area (Å²) < 4.78 is 5.05. The highest BCUT2D eigenvalue weighted by Gasteiger charge is 2.11. The van der Waals surface area contributed by atoms with Gasteiger partial charge in [0.15, 0.2) is 0 Å². The maximum Gasteiger partial charge on any atom is 0.142 e. The van der Waals surface area contributed by atoms with Crippen LogP contribution in [0.5, 0.6) is 5.75 Å². The van der Waals surface area contributed by atoms with Crippen LogP contribution in [0.3, 0.4) is 0 Å². The van der Waals surface area contributed by atoms with Gasteiger partial charge in [0.05, 0.1) is 25.2 Å². The summed E-state index contributed by atoms with van der Waals surface area (Å²) in [5.41, 5.74) is 7.11. The zero-order valence-electron chi connectivity index (χ0n) is 7.74. The van der Waals surface area contributed by atoms with E-state index in [4.69, 9.17) is 21.0 Å². The molecule has 0 saturated carbocycles. The van der Waals surface area contributed by atoms with Crippen molar-refractivity contribution in [2.24, 2.45) is 0 Å². The van der Waals surface area contributed by atoms with Gasteiger partial charge < -0.3 is 10.5 Å². The number of anilines is 1. The van der Waals surface area contributed by atoms with Crippen LogP contribution in [0, 0.1) is 22.7 Å². The van der Waals surface area contributed by atoms with Crippen LogP contribution in [-0.2, 0) is 6.42 Å². The van der Waals surface area contributed by atoms with Crippen molar-refractivity contribution in [3.8, 4) is 17.9 Å². The molecule has 0 aliphatic heterocycles. The van der Waals surface area contributed by atoms with E-state index in [0.29, 0.717) is 22.6 Å². The van der Waals surface area contributed by atoms with Crippen LogP contribution >= 0.6 is 0 Å². The number of nitrogens with two attached hydrogens (primary N) is 1. The van der Waals surface area contributed by atoms with Crippen molar-refractivity contribution in [2.75, 3.05) is 12.8 Å². The average Bonchev–Trinajstić information content (AvgIpc) is 2.21. The van der Waals surface area contributed by atoms with Gasteiger partial charge >= 0.3 is 0 Å². The van der Waals surface area contributed by atoms with Crippen molar-refractivity contribution in [2.45, 2.75) is 6.42 Å². The molecule has 0 spiro atoms. The quantitative estimate of drug-likeness (QED) is 0.705. The summed E-state index contributed by atoms with van der Waals surface area (Å²) in [6.45, 7) is 0. The Morgan fingerprint density at radius 1 is 1.43 bits per heavy atom. The third-order valence-corrected chi connectivity index (χ3v) is 1.88. The van der Waals surface area contributed by atoms with E-state index < -0.39 is 0 Å². The average molecular weight is 187 g/mol. The molecule has 1 rings (SSSR count). The van der Waals surface area contributed by atoms with Gasteiger partial charge in [-0.2, -0.15) is 10.5 Å². The van der Waals surface area contributed by atoms with E-state index >= 15 is 0 Å². The van der Waals surface area contributed by atoms with Crippen molar-refractivity contribution in [3.63, 3.8) is 0 Å². The first kappa shape index (κ1) is 9.88. The van der Waals surface area contributed by atoms with E-state index in [1.807, 2.05) is 12.1 Å². The van der Waals surface area contributed by atoms with E-state index in [-0.39, 0.29) is 6.42 Å². The number of nitriles is 2. The lowest BCUT2D eigenvalue weighted by molar-refractivity contribution is 0.410. The van der Waals surface area contributed by atoms with E-state index in [2.05, 4.69) is 0 Å². The summed E-state index contributed by atoms with van der Waals surface area (Å²) in [6.07, 6.45) is 0.143. The highest BCUT2D eigenvalue weighted by Crippen LogP contribution is 2.28. The summed E-state index contributed by atoms with van der Waals surface area (Å²) in [5, 5.41) is 17.4. The molecule has 0 fully saturated rings. The molecule has 4 heteroatoms. The van der Waals surface area contributed by atoms with Crippen molar-refractivity contribution >= 4 is 5.69 Å². The lowest BCUT2D eigenvalue weighted by atomic mass is 10.1. The van der Waals surface area contributed by atoms with Crippen molar-refractivity contribution < 1.29 is 4.74 Å². The molecule has 0 aliphatic rings. The van der Waals surface area contributed by atoms with Crippen LogP contribution < -0.4 is 10.5 Å². The smallest absolute Gasteiger partial charge is 0.142 e. The van der Waals surface area contributed by atoms with Crippen LogP contribution in [0.15, 0.2) is 12.1 Å². The third-order valence-electron chi connectivity index (χ3n) is 1.88. The molecular formula is C10H9N3O. The molecule has 14 heavy (non-hydrogen) atoms. The second-order valence-corrected chi connectivity index (χ2v) is 2.66. The zero-order chi connectivity index (χ0) is 10.6. The van der Waals surface area contributed by atoms with Crippen molar-refractivity contribution in [3.05, 3.63) is 23.3 Å². The molecule has 0 aliphatic carbocycles. The minimum absolute atomic E-state index is 0.143. The topological polar surface area (TPSA) is 82.8 Å². The Kier molecular flexibility index (Phi) is 2.93. The third kappa shape index (κ3) is 1.60. The molecule has 1 aromatic rings. The van der Waals surface area contributed by atoms with Gasteiger partial charge in [0, 0.05) is 11.3 Å². The standard InChI is InChI=1S/C10H9N3O/c1-14-10-7(6-12)2-3-9(13)8(10)4-5-11/h2-3H,4,13H2,1H3. The molecule has 70 valence electrons. The summed E-state index contributed by atoms with van der Waals surface area (Å²) in [6, 6.07) is 7.15. The zero-order valence-corrected chi connectivity index (χ0v) is 7.74. The number of hydrogen-bond donors (Lipinski definition) is 1. The van der Waals surface area contributed by atoms with Gasteiger partial charge in [-0.3, -0.25) is 0 Å². The molecular weight excluding hydrogens is 178 g/mol. The normalized spacial score (nSPS) is 8.79. The van der Waals surface area contributed by atoms with Gasteiger partial charge in [-0.15, -0.1) is 0 Å². The number of nitrogens with zero attached hydrogens (tertiary/aromatic N) is 2. The Labute approximate surface area is 82.1 Å². The highest BCUT2D eigenvalue weighted by atomic mass is 16.5. The van der Waals surface area contributed by atoms with Crippen LogP contribution in [0.1, 0.15) is 11.1 Å². The van der Waals surface area contributed by atoms with Crippen LogP contribution in [0.4, 0.5) is 5.69 Å². The lowest BCUT2D eigenvalue weighted by Crippen LogP contribution is -2.00. The molecule has 0 aromatic heterocycles. The van der Waals surface area contributed by atoms with E-state index in [9.17, 15) is 0 Å². The van der Waals surface area contributed by atoms with Gasteiger partial charge in [-0.05, 0) is 12.1 Å². The molecule has 0 unspecified atom stereocenters. The molecule has 0 atom stereocenters. The predicted octanol–water partition coefficient (Wildman–Crippen LogP) is 1.22. The number of hydrogen-bond acceptors (Lipinski definition) is 4. The summed E-state index contributed by atoms with van der Waals surface area (Å²) in [4.78, 5) is 0. The molecule has 0 heterocycles. The van der Waals surface area contributed by atoms with Gasteiger partial charge in [-0.1, -0.05) is 0 Å². The minimum Gasteiger partial charge on any atom is -0.495 e. The Hall–Kier alpha value is -2.20. The number of methoxy groups -OCH3 is 1. The van der Waals surface area contributed by atoms with E-state index in [1.54, 1.807) is 12.1 Å².